The SMILES string of the molecule is C[C@]12c3ccc4c(c3C(=O)C35OC[C@H](C=C[C@@H]1[Si](C)(C)C)C32O5)CCC4=O. The molecule has 0 aromatic heterocycles. The Bertz CT molecular complexity index is 989. The summed E-state index contributed by atoms with van der Waals surface area (Å²) in [6, 6.07) is 4.01. The van der Waals surface area contributed by atoms with Gasteiger partial charge in [0.25, 0.3) is 5.79 Å². The van der Waals surface area contributed by atoms with Crippen molar-refractivity contribution >= 4 is 19.6 Å². The summed E-state index contributed by atoms with van der Waals surface area (Å²) in [5, 5.41) is 0. The number of fused-ring (bicyclic) bond motifs is 4. The minimum absolute atomic E-state index is 0.0475. The zero-order valence-electron chi connectivity index (χ0n) is 16.2. The minimum atomic E-state index is -1.62. The molecule has 0 saturated carbocycles. The van der Waals surface area contributed by atoms with E-state index < -0.39 is 19.5 Å². The van der Waals surface area contributed by atoms with E-state index in [-0.39, 0.29) is 22.9 Å². The van der Waals surface area contributed by atoms with Crippen LogP contribution in [0.4, 0.5) is 0 Å². The maximum absolute atomic E-state index is 13.7. The van der Waals surface area contributed by atoms with E-state index in [0.717, 1.165) is 22.3 Å². The molecule has 2 aliphatic heterocycles. The highest BCUT2D eigenvalue weighted by atomic mass is 28.3. The van der Waals surface area contributed by atoms with E-state index in [0.29, 0.717) is 25.0 Å². The zero-order chi connectivity index (χ0) is 19.0. The lowest BCUT2D eigenvalue weighted by Crippen LogP contribution is -2.60. The van der Waals surface area contributed by atoms with E-state index in [9.17, 15) is 9.59 Å². The predicted octanol–water partition coefficient (Wildman–Crippen LogP) is 3.66. The quantitative estimate of drug-likeness (QED) is 0.424. The van der Waals surface area contributed by atoms with Crippen molar-refractivity contribution in [1.29, 1.82) is 0 Å². The smallest absolute Gasteiger partial charge is 0.266 e. The lowest BCUT2D eigenvalue weighted by atomic mass is 9.55. The monoisotopic (exact) mass is 380 g/mol. The molecule has 5 heteroatoms. The molecule has 6 rings (SSSR count). The van der Waals surface area contributed by atoms with Gasteiger partial charge in [0.2, 0.25) is 5.78 Å². The minimum Gasteiger partial charge on any atom is -0.340 e. The number of hydrogen-bond acceptors (Lipinski definition) is 4. The zero-order valence-corrected chi connectivity index (χ0v) is 17.2. The van der Waals surface area contributed by atoms with Gasteiger partial charge in [-0.05, 0) is 23.1 Å². The molecule has 5 atom stereocenters. The molecule has 3 aliphatic carbocycles. The molecular formula is C22H24O4Si. The molecule has 27 heavy (non-hydrogen) atoms. The van der Waals surface area contributed by atoms with Gasteiger partial charge in [0, 0.05) is 28.9 Å². The van der Waals surface area contributed by atoms with E-state index >= 15 is 0 Å². The lowest BCUT2D eigenvalue weighted by Gasteiger charge is -2.52. The topological polar surface area (TPSA) is 55.9 Å². The van der Waals surface area contributed by atoms with Crippen molar-refractivity contribution in [1.82, 2.24) is 0 Å². The number of epoxide rings is 1. The van der Waals surface area contributed by atoms with Crippen LogP contribution in [-0.2, 0) is 21.3 Å². The summed E-state index contributed by atoms with van der Waals surface area (Å²) in [6.45, 7) is 9.98. The Morgan fingerprint density at radius 2 is 1.89 bits per heavy atom. The molecule has 0 bridgehead atoms. The molecule has 5 aliphatic rings. The molecule has 2 fully saturated rings. The van der Waals surface area contributed by atoms with Gasteiger partial charge >= 0.3 is 0 Å². The number of Topliss-reactive ketones (excluding diaryl/α,β-unsaturated/α-hetero) is 2. The van der Waals surface area contributed by atoms with Crippen LogP contribution in [0.5, 0.6) is 0 Å². The van der Waals surface area contributed by atoms with Crippen LogP contribution in [0.25, 0.3) is 0 Å². The van der Waals surface area contributed by atoms with E-state index in [1.54, 1.807) is 0 Å². The molecule has 4 nitrogen and oxygen atoms in total. The Morgan fingerprint density at radius 3 is 2.63 bits per heavy atom. The molecule has 2 heterocycles. The normalized spacial score (nSPS) is 43.3. The standard InChI is InChI=1S/C22H24O4Si/c1-20-15-8-6-13-14(7-9-16(13)23)18(15)19(24)22-21(20,26-22)12(11-25-22)5-10-17(20)27(2,3)4/h5-6,8,10,12,17H,7,9,11H2,1-4H3/t12-,17-,20-,21?,22?/m0/s1. The van der Waals surface area contributed by atoms with Gasteiger partial charge in [-0.15, -0.1) is 0 Å². The van der Waals surface area contributed by atoms with Gasteiger partial charge in [0.05, 0.1) is 14.7 Å². The van der Waals surface area contributed by atoms with Crippen molar-refractivity contribution in [3.05, 3.63) is 46.5 Å². The third kappa shape index (κ3) is 1.47. The number of hydrogen-bond donors (Lipinski definition) is 0. The van der Waals surface area contributed by atoms with Gasteiger partial charge in [-0.2, -0.15) is 0 Å². The summed E-state index contributed by atoms with van der Waals surface area (Å²) < 4.78 is 12.5. The molecule has 2 unspecified atom stereocenters. The van der Waals surface area contributed by atoms with Crippen molar-refractivity contribution in [3.8, 4) is 0 Å². The molecule has 1 spiro atoms. The largest absolute Gasteiger partial charge is 0.340 e. The average Bonchev–Trinajstić information content (AvgIpc) is 3.00. The second kappa shape index (κ2) is 4.37. The van der Waals surface area contributed by atoms with Gasteiger partial charge < -0.3 is 9.47 Å². The Hall–Kier alpha value is -1.56. The number of benzene rings is 1. The first-order valence-corrected chi connectivity index (χ1v) is 13.5. The van der Waals surface area contributed by atoms with Crippen molar-refractivity contribution in [2.24, 2.45) is 5.92 Å². The highest BCUT2D eigenvalue weighted by Gasteiger charge is 2.91. The van der Waals surface area contributed by atoms with Crippen molar-refractivity contribution < 1.29 is 19.1 Å². The fourth-order valence-corrected chi connectivity index (χ4v) is 9.67. The number of rotatable bonds is 1. The summed E-state index contributed by atoms with van der Waals surface area (Å²) in [5.74, 6) is -0.925. The lowest BCUT2D eigenvalue weighted by molar-refractivity contribution is -0.0323. The van der Waals surface area contributed by atoms with Gasteiger partial charge in [0.1, 0.15) is 0 Å². The third-order valence-corrected chi connectivity index (χ3v) is 10.5. The summed E-state index contributed by atoms with van der Waals surface area (Å²) in [6.07, 6.45) is 5.77. The van der Waals surface area contributed by atoms with Crippen molar-refractivity contribution in [2.75, 3.05) is 6.61 Å². The number of carbonyl (C=O) groups excluding carboxylic acids is 2. The molecule has 1 aromatic carbocycles. The molecule has 140 valence electrons. The Morgan fingerprint density at radius 1 is 1.11 bits per heavy atom. The summed E-state index contributed by atoms with van der Waals surface area (Å²) in [7, 11) is -1.62. The van der Waals surface area contributed by atoms with Crippen LogP contribution in [0.15, 0.2) is 24.3 Å². The Labute approximate surface area is 159 Å². The van der Waals surface area contributed by atoms with Gasteiger partial charge in [-0.3, -0.25) is 9.59 Å². The summed E-state index contributed by atoms with van der Waals surface area (Å²) in [5.41, 5.74) is 2.91. The van der Waals surface area contributed by atoms with E-state index in [4.69, 9.17) is 9.47 Å². The van der Waals surface area contributed by atoms with Crippen LogP contribution in [0.1, 0.15) is 45.2 Å². The van der Waals surface area contributed by atoms with Crippen molar-refractivity contribution in [2.45, 2.75) is 61.8 Å². The number of ketones is 2. The fraction of sp³-hybridized carbons (Fsp3) is 0.545. The van der Waals surface area contributed by atoms with Gasteiger partial charge in [0.15, 0.2) is 11.4 Å². The van der Waals surface area contributed by atoms with E-state index in [2.05, 4.69) is 44.8 Å². The molecule has 0 amide bonds. The first-order chi connectivity index (χ1) is 12.7. The van der Waals surface area contributed by atoms with Crippen LogP contribution in [0.2, 0.25) is 25.2 Å². The van der Waals surface area contributed by atoms with Crippen LogP contribution in [-0.4, -0.2) is 37.6 Å². The van der Waals surface area contributed by atoms with Crippen LogP contribution >= 0.6 is 0 Å². The van der Waals surface area contributed by atoms with Crippen LogP contribution < -0.4 is 0 Å². The molecule has 0 N–H and O–H groups in total. The van der Waals surface area contributed by atoms with Crippen LogP contribution in [0, 0.1) is 5.92 Å². The second-order valence-corrected chi connectivity index (χ2v) is 15.4. The Balaban J connectivity index is 1.72. The fourth-order valence-electron chi connectivity index (χ4n) is 6.88. The highest BCUT2D eigenvalue weighted by Crippen LogP contribution is 2.76. The molecule has 1 aromatic rings. The number of allylic oxidation sites excluding steroid dienone is 1. The number of ether oxygens (including phenoxy) is 2. The third-order valence-electron chi connectivity index (χ3n) is 7.90. The molecular weight excluding hydrogens is 356 g/mol. The molecule has 0 radical (unpaired) electrons. The summed E-state index contributed by atoms with van der Waals surface area (Å²) >= 11 is 0. The van der Waals surface area contributed by atoms with Gasteiger partial charge in [-0.25, -0.2) is 0 Å². The number of carbonyl (C=O) groups is 2. The maximum atomic E-state index is 13.7. The van der Waals surface area contributed by atoms with Crippen molar-refractivity contribution in [3.63, 3.8) is 0 Å². The molecule has 2 saturated heterocycles. The first-order valence-electron chi connectivity index (χ1n) is 9.95. The van der Waals surface area contributed by atoms with Crippen LogP contribution in [0.3, 0.4) is 0 Å². The highest BCUT2D eigenvalue weighted by molar-refractivity contribution is 6.78. The maximum Gasteiger partial charge on any atom is 0.266 e. The average molecular weight is 381 g/mol. The Kier molecular flexibility index (Phi) is 2.65. The summed E-state index contributed by atoms with van der Waals surface area (Å²) in [4.78, 5) is 26.0. The first kappa shape index (κ1) is 16.4. The second-order valence-electron chi connectivity index (χ2n) is 10.1. The predicted molar refractivity (Wildman–Crippen MR) is 103 cm³/mol. The van der Waals surface area contributed by atoms with Gasteiger partial charge in [-0.1, -0.05) is 50.8 Å². The van der Waals surface area contributed by atoms with E-state index in [1.807, 2.05) is 6.07 Å². The van der Waals surface area contributed by atoms with E-state index in [1.165, 1.54) is 0 Å².